The minimum atomic E-state index is 0. The van der Waals surface area contributed by atoms with E-state index in [4.69, 9.17) is 0 Å². The first-order valence-electron chi connectivity index (χ1n) is 3.65. The van der Waals surface area contributed by atoms with E-state index in [0.29, 0.717) is 0 Å². The lowest BCUT2D eigenvalue weighted by Gasteiger charge is -2.04. The zero-order valence-corrected chi connectivity index (χ0v) is 7.65. The van der Waals surface area contributed by atoms with Crippen molar-refractivity contribution in [3.05, 3.63) is 34.4 Å². The topological polar surface area (TPSA) is 31.5 Å². The fraction of sp³-hybridized carbons (Fsp3) is 0.400. The SMILES string of the molecule is Cc1cc(C)c(C)cc1C.O. The Labute approximate surface area is 68.4 Å². The van der Waals surface area contributed by atoms with Gasteiger partial charge in [-0.1, -0.05) is 12.1 Å². The van der Waals surface area contributed by atoms with Crippen LogP contribution < -0.4 is 0 Å². The van der Waals surface area contributed by atoms with Gasteiger partial charge in [0, 0.05) is 0 Å². The normalized spacial score (nSPS) is 9.09. The quantitative estimate of drug-likeness (QED) is 0.545. The van der Waals surface area contributed by atoms with Gasteiger partial charge >= 0.3 is 0 Å². The second-order valence-corrected chi connectivity index (χ2v) is 3.02. The number of benzene rings is 1. The molecule has 0 saturated carbocycles. The molecule has 0 saturated heterocycles. The van der Waals surface area contributed by atoms with Crippen LogP contribution in [0.25, 0.3) is 0 Å². The first-order valence-corrected chi connectivity index (χ1v) is 3.65. The molecule has 11 heavy (non-hydrogen) atoms. The lowest BCUT2D eigenvalue weighted by Crippen LogP contribution is -1.86. The summed E-state index contributed by atoms with van der Waals surface area (Å²) in [7, 11) is 0. The molecule has 2 N–H and O–H groups in total. The van der Waals surface area contributed by atoms with E-state index >= 15 is 0 Å². The standard InChI is InChI=1S/C10H14.H2O/c1-7-5-9(3)10(4)6-8(7)2;/h5-6H,1-4H3;1H2. The molecule has 0 fully saturated rings. The summed E-state index contributed by atoms with van der Waals surface area (Å²) in [6, 6.07) is 4.48. The summed E-state index contributed by atoms with van der Waals surface area (Å²) in [5.74, 6) is 0. The van der Waals surface area contributed by atoms with E-state index in [1.807, 2.05) is 0 Å². The summed E-state index contributed by atoms with van der Waals surface area (Å²) in [6.07, 6.45) is 0. The molecule has 0 aliphatic rings. The van der Waals surface area contributed by atoms with E-state index in [1.165, 1.54) is 22.3 Å². The fourth-order valence-electron chi connectivity index (χ4n) is 1.10. The van der Waals surface area contributed by atoms with Crippen molar-refractivity contribution in [2.24, 2.45) is 0 Å². The third-order valence-electron chi connectivity index (χ3n) is 2.11. The Hall–Kier alpha value is -0.820. The molecule has 0 bridgehead atoms. The van der Waals surface area contributed by atoms with Gasteiger partial charge in [-0.15, -0.1) is 0 Å². The minimum absolute atomic E-state index is 0. The summed E-state index contributed by atoms with van der Waals surface area (Å²) in [4.78, 5) is 0. The van der Waals surface area contributed by atoms with Gasteiger partial charge in [-0.3, -0.25) is 0 Å². The summed E-state index contributed by atoms with van der Waals surface area (Å²) in [5, 5.41) is 0. The molecule has 62 valence electrons. The van der Waals surface area contributed by atoms with Crippen molar-refractivity contribution in [2.75, 3.05) is 0 Å². The third kappa shape index (κ3) is 2.05. The highest BCUT2D eigenvalue weighted by atomic mass is 16.0. The van der Waals surface area contributed by atoms with Crippen LogP contribution in [0.1, 0.15) is 22.3 Å². The Morgan fingerprint density at radius 2 is 0.818 bits per heavy atom. The number of rotatable bonds is 0. The van der Waals surface area contributed by atoms with Crippen LogP contribution in [0.2, 0.25) is 0 Å². The Kier molecular flexibility index (Phi) is 3.27. The van der Waals surface area contributed by atoms with E-state index in [-0.39, 0.29) is 5.48 Å². The van der Waals surface area contributed by atoms with E-state index in [0.717, 1.165) is 0 Å². The maximum atomic E-state index is 2.24. The number of aryl methyl sites for hydroxylation is 4. The number of hydrogen-bond acceptors (Lipinski definition) is 0. The number of hydrogen-bond donors (Lipinski definition) is 0. The molecule has 1 heteroatoms. The molecule has 0 spiro atoms. The van der Waals surface area contributed by atoms with Gasteiger partial charge in [0.05, 0.1) is 0 Å². The van der Waals surface area contributed by atoms with Gasteiger partial charge in [0.2, 0.25) is 0 Å². The van der Waals surface area contributed by atoms with Crippen molar-refractivity contribution >= 4 is 0 Å². The van der Waals surface area contributed by atoms with Crippen molar-refractivity contribution < 1.29 is 5.48 Å². The van der Waals surface area contributed by atoms with Crippen LogP contribution in [-0.4, -0.2) is 5.48 Å². The van der Waals surface area contributed by atoms with Gasteiger partial charge in [0.25, 0.3) is 0 Å². The molecule has 0 aliphatic heterocycles. The van der Waals surface area contributed by atoms with Crippen molar-refractivity contribution in [2.45, 2.75) is 27.7 Å². The molecule has 1 aromatic carbocycles. The molecule has 0 aliphatic carbocycles. The first-order chi connectivity index (χ1) is 4.61. The Morgan fingerprint density at radius 1 is 0.636 bits per heavy atom. The van der Waals surface area contributed by atoms with Crippen LogP contribution in [0.4, 0.5) is 0 Å². The van der Waals surface area contributed by atoms with E-state index < -0.39 is 0 Å². The van der Waals surface area contributed by atoms with Crippen LogP contribution in [0.15, 0.2) is 12.1 Å². The predicted octanol–water partition coefficient (Wildman–Crippen LogP) is 2.10. The summed E-state index contributed by atoms with van der Waals surface area (Å²) in [5.41, 5.74) is 5.57. The third-order valence-corrected chi connectivity index (χ3v) is 2.11. The lowest BCUT2D eigenvalue weighted by atomic mass is 10.0. The van der Waals surface area contributed by atoms with Gasteiger partial charge in [0.15, 0.2) is 0 Å². The summed E-state index contributed by atoms with van der Waals surface area (Å²) >= 11 is 0. The molecule has 0 amide bonds. The predicted molar refractivity (Wildman–Crippen MR) is 49.0 cm³/mol. The molecule has 0 atom stereocenters. The van der Waals surface area contributed by atoms with Gasteiger partial charge in [-0.05, 0) is 49.9 Å². The molecular weight excluding hydrogens is 136 g/mol. The molecule has 0 aromatic heterocycles. The molecule has 1 aromatic rings. The molecule has 0 heterocycles. The smallest absolute Gasteiger partial charge is 0.0395 e. The van der Waals surface area contributed by atoms with Crippen molar-refractivity contribution in [3.8, 4) is 0 Å². The van der Waals surface area contributed by atoms with Crippen LogP contribution in [0.5, 0.6) is 0 Å². The van der Waals surface area contributed by atoms with Crippen LogP contribution in [-0.2, 0) is 0 Å². The van der Waals surface area contributed by atoms with Gasteiger partial charge in [-0.25, -0.2) is 0 Å². The highest BCUT2D eigenvalue weighted by Crippen LogP contribution is 2.13. The van der Waals surface area contributed by atoms with Crippen LogP contribution in [0.3, 0.4) is 0 Å². The van der Waals surface area contributed by atoms with Gasteiger partial charge in [-0.2, -0.15) is 0 Å². The fourth-order valence-corrected chi connectivity index (χ4v) is 1.10. The minimum Gasteiger partial charge on any atom is -0.412 e. The zero-order chi connectivity index (χ0) is 7.72. The monoisotopic (exact) mass is 152 g/mol. The average Bonchev–Trinajstić information content (AvgIpc) is 1.84. The van der Waals surface area contributed by atoms with Crippen LogP contribution in [0, 0.1) is 27.7 Å². The van der Waals surface area contributed by atoms with E-state index in [1.54, 1.807) is 0 Å². The molecular formula is C10H16O. The van der Waals surface area contributed by atoms with Crippen LogP contribution >= 0.6 is 0 Å². The van der Waals surface area contributed by atoms with Crippen molar-refractivity contribution in [3.63, 3.8) is 0 Å². The summed E-state index contributed by atoms with van der Waals surface area (Å²) in [6.45, 7) is 8.62. The molecule has 1 nitrogen and oxygen atoms in total. The largest absolute Gasteiger partial charge is 0.412 e. The zero-order valence-electron chi connectivity index (χ0n) is 7.65. The summed E-state index contributed by atoms with van der Waals surface area (Å²) < 4.78 is 0. The second-order valence-electron chi connectivity index (χ2n) is 3.02. The van der Waals surface area contributed by atoms with Gasteiger partial charge < -0.3 is 5.48 Å². The molecule has 0 radical (unpaired) electrons. The Morgan fingerprint density at radius 3 is 1.00 bits per heavy atom. The molecule has 1 rings (SSSR count). The van der Waals surface area contributed by atoms with Crippen molar-refractivity contribution in [1.82, 2.24) is 0 Å². The van der Waals surface area contributed by atoms with E-state index in [9.17, 15) is 0 Å². The van der Waals surface area contributed by atoms with Gasteiger partial charge in [0.1, 0.15) is 0 Å². The Balaban J connectivity index is 0.000001000. The Bertz CT molecular complexity index is 201. The lowest BCUT2D eigenvalue weighted by molar-refractivity contribution is 0.824. The highest BCUT2D eigenvalue weighted by molar-refractivity contribution is 5.35. The maximum absolute atomic E-state index is 2.24. The second kappa shape index (κ2) is 3.54. The van der Waals surface area contributed by atoms with E-state index in [2.05, 4.69) is 39.8 Å². The van der Waals surface area contributed by atoms with Crippen molar-refractivity contribution in [1.29, 1.82) is 0 Å². The average molecular weight is 152 g/mol. The first kappa shape index (κ1) is 10.2. The highest BCUT2D eigenvalue weighted by Gasteiger charge is 1.95. The molecule has 0 unspecified atom stereocenters. The maximum Gasteiger partial charge on any atom is -0.0395 e.